The monoisotopic (exact) mass is 2130 g/mol. The van der Waals surface area contributed by atoms with Crippen LogP contribution in [0.4, 0.5) is 0 Å². The number of hydrogen-bond acceptors (Lipinski definition) is 31. The summed E-state index contributed by atoms with van der Waals surface area (Å²) in [5.74, 6) is 0. The quantitative estimate of drug-likeness (QED) is 0.0404. The zero-order valence-corrected chi connectivity index (χ0v) is 105. The van der Waals surface area contributed by atoms with Crippen molar-refractivity contribution >= 4 is 80.2 Å². The lowest BCUT2D eigenvalue weighted by Gasteiger charge is -2.28. The van der Waals surface area contributed by atoms with Crippen molar-refractivity contribution in [3.05, 3.63) is 0 Å². The van der Waals surface area contributed by atoms with E-state index in [0.717, 1.165) is 30.2 Å². The maximum Gasteiger partial charge on any atom is 0.678 e. The van der Waals surface area contributed by atoms with Crippen molar-refractivity contribution in [2.75, 3.05) is 213 Å². The van der Waals surface area contributed by atoms with Crippen LogP contribution < -0.4 is 0 Å². The molecule has 0 unspecified atom stereocenters. The molecule has 31 nitrogen and oxygen atoms in total. The average Bonchev–Trinajstić information content (AvgIpc) is 0.881. The molecule has 834 valence electrons. The molecule has 0 heterocycles. The second kappa shape index (κ2) is 116. The van der Waals surface area contributed by atoms with E-state index in [1.54, 1.807) is 0 Å². The van der Waals surface area contributed by atoms with Gasteiger partial charge in [0.05, 0.1) is 0 Å². The highest BCUT2D eigenvalue weighted by Crippen LogP contribution is 2.27. The first-order valence-corrected chi connectivity index (χ1v) is 69.3. The van der Waals surface area contributed by atoms with Crippen molar-refractivity contribution in [3.8, 4) is 0 Å². The number of rotatable bonds is 91. The van der Waals surface area contributed by atoms with Crippen LogP contribution in [0.15, 0.2) is 0 Å². The second-order valence-corrected chi connectivity index (χ2v) is 55.5. The molecular weight excluding hydrogens is 1900 g/mol. The van der Waals surface area contributed by atoms with E-state index in [-0.39, 0.29) is 0 Å². The van der Waals surface area contributed by atoms with Gasteiger partial charge in [-0.25, -0.2) is 0 Å². The molecule has 0 aliphatic rings. The zero-order valence-electron chi connectivity index (χ0n) is 95.6. The van der Waals surface area contributed by atoms with E-state index in [0.29, 0.717) is 99.1 Å². The van der Waals surface area contributed by atoms with E-state index in [1.165, 1.54) is 371 Å². The molecule has 0 radical (unpaired) electrons. The predicted molar refractivity (Wildman–Crippen MR) is 575 cm³/mol. The van der Waals surface area contributed by atoms with Crippen molar-refractivity contribution in [2.24, 2.45) is 0 Å². The number of hydrogen-bond donors (Lipinski definition) is 0. The summed E-state index contributed by atoms with van der Waals surface area (Å²) in [6, 6.07) is 4.85. The summed E-state index contributed by atoms with van der Waals surface area (Å²) in [6.07, 6.45) is 53.1. The van der Waals surface area contributed by atoms with Crippen LogP contribution in [-0.2, 0) is 137 Å². The van der Waals surface area contributed by atoms with Crippen molar-refractivity contribution < 1.29 is 137 Å². The fourth-order valence-electron chi connectivity index (χ4n) is 14.4. The normalized spacial score (nSPS) is 12.0. The van der Waals surface area contributed by atoms with Gasteiger partial charge in [0.2, 0.25) is 0 Å². The average molecular weight is 2130 g/mol. The summed E-state index contributed by atoms with van der Waals surface area (Å²) < 4.78 is 166. The molecule has 0 fully saturated rings. The van der Waals surface area contributed by atoms with E-state index in [4.69, 9.17) is 137 Å². The Morgan fingerprint density at radius 3 is 0.235 bits per heavy atom. The van der Waals surface area contributed by atoms with Gasteiger partial charge in [-0.1, -0.05) is 259 Å². The topological polar surface area (TPSA) is 286 Å². The molecule has 0 aromatic rings. The summed E-state index contributed by atoms with van der Waals surface area (Å²) in [5, 5.41) is 0. The van der Waals surface area contributed by atoms with Crippen molar-refractivity contribution in [3.63, 3.8) is 0 Å². The maximum absolute atomic E-state index is 5.86. The van der Waals surface area contributed by atoms with Gasteiger partial charge in [-0.05, 0) is 136 Å². The molecule has 0 aromatic heterocycles. The molecular formula is C96H228O31Si9. The minimum atomic E-state index is -2.69. The lowest BCUT2D eigenvalue weighted by atomic mass is 10.1. The molecule has 0 saturated heterocycles. The largest absolute Gasteiger partial charge is 0.678 e. The standard InChI is InChI=1S/5C16H36O3Si.4C4H12O4Si/c5*1-5-9-10-11-12-13-14-15-16-20(17-6-2,18-7-3)19-8-4;4*1-5-9(6-2,7-3)8-4/h5*5-16H2,1-4H3;4*1-4H3. The molecule has 0 bridgehead atoms. The van der Waals surface area contributed by atoms with Gasteiger partial charge >= 0.3 is 80.2 Å². The van der Waals surface area contributed by atoms with Gasteiger partial charge in [0, 0.05) is 243 Å². The molecule has 0 aliphatic heterocycles. The SMILES string of the molecule is CCCCCCCCCC[Si](OCC)(OCC)OCC.CCCCCCCCCC[Si](OCC)(OCC)OCC.CCCCCCCCCC[Si](OCC)(OCC)OCC.CCCCCCCCCC[Si](OCC)(OCC)OCC.CCCCCCCCCC[Si](OCC)(OCC)OCC.CO[Si](OC)(OC)OC.CO[Si](OC)(OC)OC.CO[Si](OC)(OC)OC.CO[Si](OC)(OC)OC. The summed E-state index contributed by atoms with van der Waals surface area (Å²) in [5.41, 5.74) is 0. The Hall–Kier alpha value is 0.712. The molecule has 0 aromatic carbocycles. The lowest BCUT2D eigenvalue weighted by molar-refractivity contribution is 0.0219. The molecule has 40 heteroatoms. The van der Waals surface area contributed by atoms with Crippen LogP contribution in [0.25, 0.3) is 0 Å². The summed E-state index contributed by atoms with van der Waals surface area (Å²) >= 11 is 0. The zero-order chi connectivity index (χ0) is 105. The molecule has 136 heavy (non-hydrogen) atoms. The highest BCUT2D eigenvalue weighted by molar-refractivity contribution is 6.62. The minimum Gasteiger partial charge on any atom is -0.374 e. The molecule has 0 aliphatic carbocycles. The number of unbranched alkanes of at least 4 members (excludes halogenated alkanes) is 35. The Morgan fingerprint density at radius 1 is 0.103 bits per heavy atom. The Balaban J connectivity index is -0.000000194. The molecule has 0 rings (SSSR count). The Bertz CT molecular complexity index is 1720. The van der Waals surface area contributed by atoms with Crippen LogP contribution in [0.3, 0.4) is 0 Å². The van der Waals surface area contributed by atoms with Crippen LogP contribution in [0.5, 0.6) is 0 Å². The lowest BCUT2D eigenvalue weighted by Crippen LogP contribution is -2.45. The van der Waals surface area contributed by atoms with Crippen LogP contribution in [-0.4, -0.2) is 293 Å². The molecule has 0 atom stereocenters. The summed E-state index contributed by atoms with van der Waals surface area (Å²) in [4.78, 5) is 0. The van der Waals surface area contributed by atoms with Crippen molar-refractivity contribution in [1.82, 2.24) is 0 Å². The van der Waals surface area contributed by atoms with Crippen LogP contribution >= 0.6 is 0 Å². The molecule has 0 spiro atoms. The third-order valence-corrected chi connectivity index (χ3v) is 44.9. The first-order chi connectivity index (χ1) is 65.7. The van der Waals surface area contributed by atoms with E-state index < -0.39 is 80.2 Å². The molecule has 0 N–H and O–H groups in total. The van der Waals surface area contributed by atoms with E-state index in [1.807, 2.05) is 104 Å². The Labute approximate surface area is 850 Å². The van der Waals surface area contributed by atoms with E-state index >= 15 is 0 Å². The van der Waals surface area contributed by atoms with Gasteiger partial charge in [0.15, 0.2) is 0 Å². The van der Waals surface area contributed by atoms with E-state index in [9.17, 15) is 0 Å². The van der Waals surface area contributed by atoms with Gasteiger partial charge in [-0.15, -0.1) is 0 Å². The molecule has 0 saturated carbocycles. The van der Waals surface area contributed by atoms with Gasteiger partial charge < -0.3 is 137 Å². The van der Waals surface area contributed by atoms with Gasteiger partial charge in [-0.3, -0.25) is 0 Å². The third kappa shape index (κ3) is 89.9. The smallest absolute Gasteiger partial charge is 0.374 e. The highest BCUT2D eigenvalue weighted by Gasteiger charge is 2.46. The van der Waals surface area contributed by atoms with Crippen LogP contribution in [0.2, 0.25) is 30.2 Å². The first-order valence-electron chi connectivity index (χ1n) is 53.1. The minimum absolute atomic E-state index is 0.684. The maximum atomic E-state index is 5.86. The molecule has 0 amide bonds. The fraction of sp³-hybridized carbons (Fsp3) is 1.00. The van der Waals surface area contributed by atoms with E-state index in [2.05, 4.69) is 34.6 Å². The van der Waals surface area contributed by atoms with Crippen LogP contribution in [0.1, 0.15) is 395 Å². The van der Waals surface area contributed by atoms with Gasteiger partial charge in [0.1, 0.15) is 0 Å². The third-order valence-electron chi connectivity index (χ3n) is 21.1. The summed E-state index contributed by atoms with van der Waals surface area (Å²) in [6.45, 7) is 51.9. The van der Waals surface area contributed by atoms with Gasteiger partial charge in [0.25, 0.3) is 0 Å². The predicted octanol–water partition coefficient (Wildman–Crippen LogP) is 25.9. The second-order valence-electron chi connectivity index (χ2n) is 31.3. The Kier molecular flexibility index (Phi) is 132. The summed E-state index contributed by atoms with van der Waals surface area (Å²) in [7, 11) is 1.17. The van der Waals surface area contributed by atoms with Crippen LogP contribution in [0, 0.1) is 0 Å². The highest BCUT2D eigenvalue weighted by atomic mass is 28.4. The van der Waals surface area contributed by atoms with Crippen molar-refractivity contribution in [1.29, 1.82) is 0 Å². The first kappa shape index (κ1) is 154. The Morgan fingerprint density at radius 2 is 0.176 bits per heavy atom. The van der Waals surface area contributed by atoms with Crippen molar-refractivity contribution in [2.45, 2.75) is 426 Å². The fourth-order valence-corrected chi connectivity index (χ4v) is 31.8. The van der Waals surface area contributed by atoms with Gasteiger partial charge in [-0.2, -0.15) is 0 Å².